The summed E-state index contributed by atoms with van der Waals surface area (Å²) in [7, 11) is 0. The van der Waals surface area contributed by atoms with E-state index in [4.69, 9.17) is 16.3 Å². The lowest BCUT2D eigenvalue weighted by atomic mass is 9.90. The first-order chi connectivity index (χ1) is 9.99. The minimum Gasteiger partial charge on any atom is -0.394 e. The maximum atomic E-state index is 12.3. The number of rotatable bonds is 4. The van der Waals surface area contributed by atoms with Crippen LogP contribution in [0.2, 0.25) is 5.15 Å². The predicted molar refractivity (Wildman–Crippen MR) is 73.2 cm³/mol. The number of hydrogen-bond donors (Lipinski definition) is 2. The van der Waals surface area contributed by atoms with E-state index in [0.717, 1.165) is 0 Å². The van der Waals surface area contributed by atoms with Crippen LogP contribution < -0.4 is 5.32 Å². The van der Waals surface area contributed by atoms with Crippen LogP contribution in [-0.2, 0) is 4.74 Å². The molecule has 0 spiro atoms. The number of carbonyl (C=O) groups excluding carboxylic acids is 1. The summed E-state index contributed by atoms with van der Waals surface area (Å²) in [4.78, 5) is 26.2. The zero-order chi connectivity index (χ0) is 15.5. The van der Waals surface area contributed by atoms with E-state index in [1.807, 2.05) is 0 Å². The van der Waals surface area contributed by atoms with Crippen LogP contribution in [-0.4, -0.2) is 46.3 Å². The first kappa shape index (κ1) is 15.6. The quantitative estimate of drug-likeness (QED) is 0.485. The Labute approximate surface area is 125 Å². The molecule has 0 aliphatic carbocycles. The topological polar surface area (TPSA) is 115 Å². The lowest BCUT2D eigenvalue weighted by Crippen LogP contribution is -2.54. The van der Waals surface area contributed by atoms with Gasteiger partial charge < -0.3 is 15.2 Å². The summed E-state index contributed by atoms with van der Waals surface area (Å²) in [5.74, 6) is -0.665. The Hall–Kier alpha value is -1.77. The number of pyridine rings is 1. The molecule has 114 valence electrons. The lowest BCUT2D eigenvalue weighted by molar-refractivity contribution is -0.385. The molecule has 2 N–H and O–H groups in total. The summed E-state index contributed by atoms with van der Waals surface area (Å²) in [5.41, 5.74) is -1.56. The number of amides is 1. The standard InChI is InChI=1S/C12H14ClN3O5/c13-10-9(16(19)20)8(1-4-14-10)11(18)15-12(7-17)2-5-21-6-3-12/h1,4,17H,2-3,5-7H2,(H,15,18). The van der Waals surface area contributed by atoms with Gasteiger partial charge in [0.1, 0.15) is 5.56 Å². The van der Waals surface area contributed by atoms with E-state index in [-0.39, 0.29) is 17.3 Å². The Morgan fingerprint density at radius 3 is 2.81 bits per heavy atom. The van der Waals surface area contributed by atoms with Gasteiger partial charge >= 0.3 is 5.69 Å². The van der Waals surface area contributed by atoms with Crippen LogP contribution in [0.25, 0.3) is 0 Å². The normalized spacial score (nSPS) is 17.2. The van der Waals surface area contributed by atoms with Crippen molar-refractivity contribution < 1.29 is 19.6 Å². The van der Waals surface area contributed by atoms with Gasteiger partial charge in [0.05, 0.1) is 17.1 Å². The van der Waals surface area contributed by atoms with Gasteiger partial charge in [-0.2, -0.15) is 0 Å². The van der Waals surface area contributed by atoms with Crippen LogP contribution in [0.5, 0.6) is 0 Å². The van der Waals surface area contributed by atoms with E-state index in [2.05, 4.69) is 10.3 Å². The monoisotopic (exact) mass is 315 g/mol. The van der Waals surface area contributed by atoms with Crippen molar-refractivity contribution in [3.8, 4) is 0 Å². The molecule has 8 nitrogen and oxygen atoms in total. The highest BCUT2D eigenvalue weighted by molar-refractivity contribution is 6.32. The van der Waals surface area contributed by atoms with Crippen molar-refractivity contribution >= 4 is 23.2 Å². The van der Waals surface area contributed by atoms with Crippen molar-refractivity contribution in [3.63, 3.8) is 0 Å². The minimum atomic E-state index is -0.834. The molecular weight excluding hydrogens is 302 g/mol. The van der Waals surface area contributed by atoms with E-state index in [9.17, 15) is 20.0 Å². The van der Waals surface area contributed by atoms with Gasteiger partial charge in [-0.05, 0) is 18.9 Å². The average Bonchev–Trinajstić information content (AvgIpc) is 2.47. The summed E-state index contributed by atoms with van der Waals surface area (Å²) in [5, 5.41) is 22.9. The first-order valence-corrected chi connectivity index (χ1v) is 6.67. The third-order valence-electron chi connectivity index (χ3n) is 3.44. The number of nitrogens with one attached hydrogen (secondary N) is 1. The van der Waals surface area contributed by atoms with Crippen molar-refractivity contribution in [2.75, 3.05) is 19.8 Å². The van der Waals surface area contributed by atoms with E-state index in [1.165, 1.54) is 12.3 Å². The van der Waals surface area contributed by atoms with E-state index < -0.39 is 22.1 Å². The van der Waals surface area contributed by atoms with Gasteiger partial charge in [0, 0.05) is 19.4 Å². The molecule has 1 amide bonds. The van der Waals surface area contributed by atoms with Gasteiger partial charge in [0.25, 0.3) is 5.91 Å². The van der Waals surface area contributed by atoms with Gasteiger partial charge in [-0.3, -0.25) is 14.9 Å². The summed E-state index contributed by atoms with van der Waals surface area (Å²) >= 11 is 5.68. The fourth-order valence-corrected chi connectivity index (χ4v) is 2.41. The molecule has 2 heterocycles. The summed E-state index contributed by atoms with van der Waals surface area (Å²) in [6.45, 7) is 0.536. The van der Waals surface area contributed by atoms with Gasteiger partial charge in [-0.25, -0.2) is 4.98 Å². The molecule has 2 rings (SSSR count). The second-order valence-electron chi connectivity index (χ2n) is 4.76. The zero-order valence-corrected chi connectivity index (χ0v) is 11.8. The molecular formula is C12H14ClN3O5. The smallest absolute Gasteiger partial charge is 0.319 e. The molecule has 0 unspecified atom stereocenters. The fourth-order valence-electron chi connectivity index (χ4n) is 2.18. The Kier molecular flexibility index (Phi) is 4.71. The maximum absolute atomic E-state index is 12.3. The number of nitrogens with zero attached hydrogens (tertiary/aromatic N) is 2. The van der Waals surface area contributed by atoms with Crippen molar-refractivity contribution in [2.45, 2.75) is 18.4 Å². The number of aliphatic hydroxyl groups is 1. The Bertz CT molecular complexity index is 560. The van der Waals surface area contributed by atoms with Crippen molar-refractivity contribution in [3.05, 3.63) is 33.1 Å². The van der Waals surface area contributed by atoms with Crippen LogP contribution in [0.1, 0.15) is 23.2 Å². The molecule has 9 heteroatoms. The third kappa shape index (κ3) is 3.29. The Morgan fingerprint density at radius 2 is 2.24 bits per heavy atom. The van der Waals surface area contributed by atoms with E-state index in [1.54, 1.807) is 0 Å². The minimum absolute atomic E-state index is 0.181. The molecule has 1 fully saturated rings. The van der Waals surface area contributed by atoms with Crippen molar-refractivity contribution in [2.24, 2.45) is 0 Å². The van der Waals surface area contributed by atoms with Crippen LogP contribution in [0.3, 0.4) is 0 Å². The van der Waals surface area contributed by atoms with Crippen LogP contribution in [0.15, 0.2) is 12.3 Å². The average molecular weight is 316 g/mol. The number of carbonyl (C=O) groups is 1. The summed E-state index contributed by atoms with van der Waals surface area (Å²) < 4.78 is 5.19. The summed E-state index contributed by atoms with van der Waals surface area (Å²) in [6.07, 6.45) is 2.09. The molecule has 1 saturated heterocycles. The van der Waals surface area contributed by atoms with Crippen LogP contribution >= 0.6 is 11.6 Å². The van der Waals surface area contributed by atoms with Gasteiger partial charge in [0.15, 0.2) is 0 Å². The number of hydrogen-bond acceptors (Lipinski definition) is 6. The number of aromatic nitrogens is 1. The molecule has 0 aromatic carbocycles. The molecule has 1 aliphatic rings. The molecule has 1 aliphatic heterocycles. The van der Waals surface area contributed by atoms with Gasteiger partial charge in [-0.15, -0.1) is 0 Å². The van der Waals surface area contributed by atoms with E-state index in [0.29, 0.717) is 26.1 Å². The fraction of sp³-hybridized carbons (Fsp3) is 0.500. The predicted octanol–water partition coefficient (Wildman–Crippen LogP) is 0.914. The molecule has 0 saturated carbocycles. The van der Waals surface area contributed by atoms with Gasteiger partial charge in [-0.1, -0.05) is 11.6 Å². The molecule has 0 radical (unpaired) electrons. The molecule has 0 bridgehead atoms. The van der Waals surface area contributed by atoms with Crippen molar-refractivity contribution in [1.29, 1.82) is 0 Å². The number of aliphatic hydroxyl groups excluding tert-OH is 1. The lowest BCUT2D eigenvalue weighted by Gasteiger charge is -2.36. The first-order valence-electron chi connectivity index (χ1n) is 6.29. The Morgan fingerprint density at radius 1 is 1.57 bits per heavy atom. The third-order valence-corrected chi connectivity index (χ3v) is 3.71. The number of ether oxygens (including phenoxy) is 1. The highest BCUT2D eigenvalue weighted by atomic mass is 35.5. The van der Waals surface area contributed by atoms with Crippen LogP contribution in [0.4, 0.5) is 5.69 Å². The zero-order valence-electron chi connectivity index (χ0n) is 11.0. The molecule has 21 heavy (non-hydrogen) atoms. The van der Waals surface area contributed by atoms with Gasteiger partial charge in [0.2, 0.25) is 5.15 Å². The second-order valence-corrected chi connectivity index (χ2v) is 5.12. The van der Waals surface area contributed by atoms with Crippen molar-refractivity contribution in [1.82, 2.24) is 10.3 Å². The molecule has 0 atom stereocenters. The number of nitro groups is 1. The highest BCUT2D eigenvalue weighted by Crippen LogP contribution is 2.27. The largest absolute Gasteiger partial charge is 0.394 e. The second kappa shape index (κ2) is 6.33. The summed E-state index contributed by atoms with van der Waals surface area (Å²) in [6, 6.07) is 1.23. The Balaban J connectivity index is 2.28. The highest BCUT2D eigenvalue weighted by Gasteiger charge is 2.35. The maximum Gasteiger partial charge on any atom is 0.319 e. The van der Waals surface area contributed by atoms with E-state index >= 15 is 0 Å². The number of halogens is 1. The molecule has 1 aromatic heterocycles. The molecule has 1 aromatic rings. The SMILES string of the molecule is O=C(NC1(CO)CCOCC1)c1ccnc(Cl)c1[N+](=O)[O-]. The van der Waals surface area contributed by atoms with Crippen LogP contribution in [0, 0.1) is 10.1 Å².